The van der Waals surface area contributed by atoms with Crippen molar-refractivity contribution in [2.45, 2.75) is 45.7 Å². The van der Waals surface area contributed by atoms with Crippen molar-refractivity contribution < 1.29 is 9.18 Å². The van der Waals surface area contributed by atoms with Crippen LogP contribution in [-0.2, 0) is 4.79 Å². The van der Waals surface area contributed by atoms with Gasteiger partial charge in [-0.3, -0.25) is 9.78 Å². The number of hydrogen-bond acceptors (Lipinski definition) is 3. The molecule has 0 aliphatic heterocycles. The largest absolute Gasteiger partial charge is 0.354 e. The van der Waals surface area contributed by atoms with Crippen LogP contribution >= 0.6 is 0 Å². The normalized spacial score (nSPS) is 12.5. The topological polar surface area (TPSA) is 54.0 Å². The monoisotopic (exact) mass is 267 g/mol. The number of aromatic nitrogens is 1. The Hall–Kier alpha value is -1.49. The molecule has 0 radical (unpaired) electrons. The number of halogens is 1. The predicted octanol–water partition coefficient (Wildman–Crippen LogP) is 2.18. The van der Waals surface area contributed by atoms with Gasteiger partial charge in [-0.05, 0) is 32.4 Å². The Balaban J connectivity index is 2.41. The van der Waals surface area contributed by atoms with E-state index in [-0.39, 0.29) is 23.8 Å². The molecule has 1 aromatic rings. The minimum absolute atomic E-state index is 0.0319. The van der Waals surface area contributed by atoms with Gasteiger partial charge in [0.2, 0.25) is 5.91 Å². The third-order valence-corrected chi connectivity index (χ3v) is 2.71. The maximum absolute atomic E-state index is 12.8. The second-order valence-electron chi connectivity index (χ2n) is 4.79. The number of amides is 1. The highest BCUT2D eigenvalue weighted by Crippen LogP contribution is 2.13. The van der Waals surface area contributed by atoms with Gasteiger partial charge in [-0.2, -0.15) is 0 Å². The molecule has 5 heteroatoms. The van der Waals surface area contributed by atoms with E-state index in [9.17, 15) is 9.18 Å². The summed E-state index contributed by atoms with van der Waals surface area (Å²) in [6.07, 6.45) is 2.48. The molecule has 1 amide bonds. The van der Waals surface area contributed by atoms with Crippen LogP contribution in [0.25, 0.3) is 0 Å². The quantitative estimate of drug-likeness (QED) is 0.796. The van der Waals surface area contributed by atoms with E-state index in [4.69, 9.17) is 0 Å². The highest BCUT2D eigenvalue weighted by atomic mass is 19.1. The summed E-state index contributed by atoms with van der Waals surface area (Å²) in [6, 6.07) is 3.28. The molecule has 0 bridgehead atoms. The lowest BCUT2D eigenvalue weighted by Crippen LogP contribution is -2.33. The maximum atomic E-state index is 12.8. The molecule has 1 unspecified atom stereocenters. The standard InChI is InChI=1S/C14H22FN3O/c1-4-12(13-6-5-11(15)9-17-13)16-8-7-14(19)18-10(2)3/h5-6,9-10,12,16H,4,7-8H2,1-3H3,(H,18,19). The lowest BCUT2D eigenvalue weighted by molar-refractivity contribution is -0.121. The summed E-state index contributed by atoms with van der Waals surface area (Å²) in [4.78, 5) is 15.5. The van der Waals surface area contributed by atoms with Crippen molar-refractivity contribution in [2.75, 3.05) is 6.54 Å². The molecule has 0 fully saturated rings. The zero-order chi connectivity index (χ0) is 14.3. The lowest BCUT2D eigenvalue weighted by atomic mass is 10.1. The molecule has 2 N–H and O–H groups in total. The Morgan fingerprint density at radius 2 is 2.16 bits per heavy atom. The van der Waals surface area contributed by atoms with E-state index in [0.29, 0.717) is 13.0 Å². The molecule has 0 aliphatic rings. The van der Waals surface area contributed by atoms with Crippen LogP contribution in [-0.4, -0.2) is 23.5 Å². The number of nitrogens with one attached hydrogen (secondary N) is 2. The van der Waals surface area contributed by atoms with Gasteiger partial charge in [-0.15, -0.1) is 0 Å². The first kappa shape index (κ1) is 15.6. The van der Waals surface area contributed by atoms with E-state index < -0.39 is 0 Å². The molecule has 0 spiro atoms. The Kier molecular flexibility index (Phi) is 6.42. The minimum atomic E-state index is -0.338. The maximum Gasteiger partial charge on any atom is 0.221 e. The third-order valence-electron chi connectivity index (χ3n) is 2.71. The van der Waals surface area contributed by atoms with Crippen LogP contribution in [0.3, 0.4) is 0 Å². The molecule has 1 atom stereocenters. The van der Waals surface area contributed by atoms with Crippen LogP contribution in [0, 0.1) is 5.82 Å². The van der Waals surface area contributed by atoms with E-state index in [0.717, 1.165) is 12.1 Å². The number of carbonyl (C=O) groups excluding carboxylic acids is 1. The third kappa shape index (κ3) is 5.79. The summed E-state index contributed by atoms with van der Waals surface area (Å²) in [6.45, 7) is 6.47. The first-order valence-corrected chi connectivity index (χ1v) is 6.67. The summed E-state index contributed by atoms with van der Waals surface area (Å²) < 4.78 is 12.8. The van der Waals surface area contributed by atoms with Crippen molar-refractivity contribution in [2.24, 2.45) is 0 Å². The van der Waals surface area contributed by atoms with Gasteiger partial charge in [0.25, 0.3) is 0 Å². The summed E-state index contributed by atoms with van der Waals surface area (Å²) >= 11 is 0. The molecular formula is C14H22FN3O. The molecular weight excluding hydrogens is 245 g/mol. The van der Waals surface area contributed by atoms with Gasteiger partial charge in [-0.25, -0.2) is 4.39 Å². The first-order valence-electron chi connectivity index (χ1n) is 6.67. The predicted molar refractivity (Wildman–Crippen MR) is 73.1 cm³/mol. The first-order chi connectivity index (χ1) is 9.02. The second-order valence-corrected chi connectivity index (χ2v) is 4.79. The SMILES string of the molecule is CCC(NCCC(=O)NC(C)C)c1ccc(F)cn1. The van der Waals surface area contributed by atoms with Crippen molar-refractivity contribution in [3.8, 4) is 0 Å². The molecule has 0 aliphatic carbocycles. The van der Waals surface area contributed by atoms with Gasteiger partial charge < -0.3 is 10.6 Å². The van der Waals surface area contributed by atoms with Gasteiger partial charge in [0.05, 0.1) is 11.9 Å². The minimum Gasteiger partial charge on any atom is -0.354 e. The van der Waals surface area contributed by atoms with Gasteiger partial charge in [-0.1, -0.05) is 6.92 Å². The van der Waals surface area contributed by atoms with Crippen LogP contribution in [0.15, 0.2) is 18.3 Å². The van der Waals surface area contributed by atoms with Gasteiger partial charge in [0.15, 0.2) is 0 Å². The molecule has 106 valence electrons. The number of pyridine rings is 1. The van der Waals surface area contributed by atoms with Crippen molar-refractivity contribution in [1.29, 1.82) is 0 Å². The van der Waals surface area contributed by atoms with E-state index in [1.165, 1.54) is 12.3 Å². The van der Waals surface area contributed by atoms with Crippen LogP contribution in [0.5, 0.6) is 0 Å². The van der Waals surface area contributed by atoms with Crippen molar-refractivity contribution >= 4 is 5.91 Å². The van der Waals surface area contributed by atoms with Crippen LogP contribution in [0.4, 0.5) is 4.39 Å². The van der Waals surface area contributed by atoms with Gasteiger partial charge >= 0.3 is 0 Å². The fourth-order valence-electron chi connectivity index (χ4n) is 1.81. The van der Waals surface area contributed by atoms with Crippen LogP contribution in [0.2, 0.25) is 0 Å². The zero-order valence-electron chi connectivity index (χ0n) is 11.7. The van der Waals surface area contributed by atoms with Crippen molar-refractivity contribution in [3.05, 3.63) is 29.8 Å². The number of rotatable bonds is 7. The number of nitrogens with zero attached hydrogens (tertiary/aromatic N) is 1. The van der Waals surface area contributed by atoms with E-state index in [1.54, 1.807) is 6.07 Å². The molecule has 4 nitrogen and oxygen atoms in total. The molecule has 19 heavy (non-hydrogen) atoms. The average molecular weight is 267 g/mol. The highest BCUT2D eigenvalue weighted by molar-refractivity contribution is 5.76. The molecule has 1 heterocycles. The Morgan fingerprint density at radius 3 is 2.68 bits per heavy atom. The van der Waals surface area contributed by atoms with E-state index >= 15 is 0 Å². The summed E-state index contributed by atoms with van der Waals surface area (Å²) in [5.74, 6) is -0.306. The fourth-order valence-corrected chi connectivity index (χ4v) is 1.81. The van der Waals surface area contributed by atoms with Gasteiger partial charge in [0, 0.05) is 25.0 Å². The van der Waals surface area contributed by atoms with E-state index in [1.807, 2.05) is 20.8 Å². The Labute approximate surface area is 113 Å². The van der Waals surface area contributed by atoms with Crippen LogP contribution in [0.1, 0.15) is 45.3 Å². The van der Waals surface area contributed by atoms with Gasteiger partial charge in [0.1, 0.15) is 5.82 Å². The molecule has 1 rings (SSSR count). The van der Waals surface area contributed by atoms with Crippen molar-refractivity contribution in [1.82, 2.24) is 15.6 Å². The zero-order valence-corrected chi connectivity index (χ0v) is 11.7. The smallest absolute Gasteiger partial charge is 0.221 e. The second kappa shape index (κ2) is 7.84. The molecule has 1 aromatic heterocycles. The Morgan fingerprint density at radius 1 is 1.42 bits per heavy atom. The molecule has 0 saturated heterocycles. The Bertz CT molecular complexity index is 392. The average Bonchev–Trinajstić information content (AvgIpc) is 2.35. The summed E-state index contributed by atoms with van der Waals surface area (Å²) in [5, 5.41) is 6.10. The van der Waals surface area contributed by atoms with E-state index in [2.05, 4.69) is 15.6 Å². The number of carbonyl (C=O) groups is 1. The molecule has 0 saturated carbocycles. The number of hydrogen-bond donors (Lipinski definition) is 2. The fraction of sp³-hybridized carbons (Fsp3) is 0.571. The molecule has 0 aromatic carbocycles. The van der Waals surface area contributed by atoms with Crippen molar-refractivity contribution in [3.63, 3.8) is 0 Å². The summed E-state index contributed by atoms with van der Waals surface area (Å²) in [7, 11) is 0. The highest BCUT2D eigenvalue weighted by Gasteiger charge is 2.11. The summed E-state index contributed by atoms with van der Waals surface area (Å²) in [5.41, 5.74) is 0.799. The van der Waals surface area contributed by atoms with Crippen LogP contribution < -0.4 is 10.6 Å². The lowest BCUT2D eigenvalue weighted by Gasteiger charge is -2.16.